The Morgan fingerprint density at radius 3 is 2.00 bits per heavy atom. The van der Waals surface area contributed by atoms with Crippen LogP contribution in [0.5, 0.6) is 0 Å². The number of hydrogen-bond donors (Lipinski definition) is 0. The Bertz CT molecular complexity index is 3110. The second-order valence-electron chi connectivity index (χ2n) is 14.4. The number of hydrogen-bond acceptors (Lipinski definition) is 3. The minimum atomic E-state index is 0.686. The Kier molecular flexibility index (Phi) is 7.59. The van der Waals surface area contributed by atoms with Crippen LogP contribution in [0.15, 0.2) is 193 Å². The Hall–Kier alpha value is -7.30. The minimum absolute atomic E-state index is 0.686. The van der Waals surface area contributed by atoms with Crippen LogP contribution in [0.25, 0.3) is 100 Å². The molecule has 7 aromatic carbocycles. The van der Waals surface area contributed by atoms with Crippen molar-refractivity contribution in [2.75, 3.05) is 0 Å². The van der Waals surface area contributed by atoms with Crippen molar-refractivity contribution in [1.29, 1.82) is 0 Å². The summed E-state index contributed by atoms with van der Waals surface area (Å²) in [5.41, 5.74) is 14.5. The molecule has 56 heavy (non-hydrogen) atoms. The van der Waals surface area contributed by atoms with Crippen molar-refractivity contribution < 1.29 is 4.42 Å². The van der Waals surface area contributed by atoms with Gasteiger partial charge >= 0.3 is 0 Å². The van der Waals surface area contributed by atoms with E-state index in [9.17, 15) is 0 Å². The van der Waals surface area contributed by atoms with Crippen molar-refractivity contribution >= 4 is 49.3 Å². The van der Waals surface area contributed by atoms with Crippen molar-refractivity contribution in [3.05, 3.63) is 194 Å². The number of benzene rings is 7. The van der Waals surface area contributed by atoms with Crippen LogP contribution in [0.4, 0.5) is 0 Å². The number of aromatic nitrogens is 3. The Balaban J connectivity index is 1.16. The summed E-state index contributed by atoms with van der Waals surface area (Å²) in [7, 11) is 0. The van der Waals surface area contributed by atoms with Gasteiger partial charge < -0.3 is 8.98 Å². The summed E-state index contributed by atoms with van der Waals surface area (Å²) in [5.74, 6) is 0.686. The van der Waals surface area contributed by atoms with Crippen LogP contribution < -0.4 is 0 Å². The van der Waals surface area contributed by atoms with Crippen LogP contribution in [0, 0.1) is 0 Å². The maximum Gasteiger partial charge on any atom is 0.160 e. The molecule has 0 fully saturated rings. The van der Waals surface area contributed by atoms with E-state index in [2.05, 4.69) is 156 Å². The molecule has 264 valence electrons. The van der Waals surface area contributed by atoms with Crippen molar-refractivity contribution in [2.45, 2.75) is 12.8 Å². The topological polar surface area (TPSA) is 43.9 Å². The molecule has 0 bridgehead atoms. The van der Waals surface area contributed by atoms with E-state index in [1.165, 1.54) is 33.0 Å². The summed E-state index contributed by atoms with van der Waals surface area (Å²) in [6.45, 7) is 0. The van der Waals surface area contributed by atoms with Crippen LogP contribution >= 0.6 is 0 Å². The number of furan rings is 1. The highest BCUT2D eigenvalue weighted by Crippen LogP contribution is 2.43. The maximum absolute atomic E-state index is 6.95. The van der Waals surface area contributed by atoms with Gasteiger partial charge in [0.25, 0.3) is 0 Å². The molecule has 11 rings (SSSR count). The lowest BCUT2D eigenvalue weighted by atomic mass is 9.98. The molecule has 3 aromatic heterocycles. The van der Waals surface area contributed by atoms with Crippen LogP contribution in [0.1, 0.15) is 18.4 Å². The second-order valence-corrected chi connectivity index (χ2v) is 14.4. The van der Waals surface area contributed by atoms with Crippen molar-refractivity contribution in [3.63, 3.8) is 0 Å². The van der Waals surface area contributed by atoms with E-state index >= 15 is 0 Å². The van der Waals surface area contributed by atoms with Gasteiger partial charge in [0.05, 0.1) is 28.1 Å². The molecule has 3 heterocycles. The number of rotatable bonds is 6. The molecule has 0 N–H and O–H groups in total. The highest BCUT2D eigenvalue weighted by atomic mass is 16.3. The minimum Gasteiger partial charge on any atom is -0.454 e. The van der Waals surface area contributed by atoms with Gasteiger partial charge in [0.2, 0.25) is 0 Å². The summed E-state index contributed by atoms with van der Waals surface area (Å²) < 4.78 is 9.34. The van der Waals surface area contributed by atoms with Crippen LogP contribution in [-0.2, 0) is 0 Å². The number of fused-ring (bicyclic) bond motifs is 6. The number of allylic oxidation sites excluding steroid dienone is 4. The largest absolute Gasteiger partial charge is 0.454 e. The van der Waals surface area contributed by atoms with Gasteiger partial charge in [-0.3, -0.25) is 0 Å². The first-order valence-electron chi connectivity index (χ1n) is 19.2. The molecule has 0 atom stereocenters. The standard InChI is InChI=1S/C52H35N3O/c1-5-15-34(16-6-1)38-28-30-46-43(31-38)40-29-27-39(35-17-7-2-8-18-35)32-48(40)55(46)47-25-13-24-42-50-41(23-14-26-49(50)56-51(42)47)45-33-44(36-19-9-3-10-20-36)53-52(54-45)37-21-11-4-12-22-37/h1,3-7,9-33H,2,8H2. The lowest BCUT2D eigenvalue weighted by Gasteiger charge is -2.11. The van der Waals surface area contributed by atoms with Gasteiger partial charge in [0, 0.05) is 38.2 Å². The fraction of sp³-hybridized carbons (Fsp3) is 0.0385. The van der Waals surface area contributed by atoms with Crippen LogP contribution in [0.3, 0.4) is 0 Å². The average molecular weight is 718 g/mol. The zero-order valence-electron chi connectivity index (χ0n) is 30.6. The molecule has 0 saturated carbocycles. The molecule has 0 saturated heterocycles. The summed E-state index contributed by atoms with van der Waals surface area (Å²) in [6.07, 6.45) is 9.02. The first kappa shape index (κ1) is 32.2. The van der Waals surface area contributed by atoms with E-state index < -0.39 is 0 Å². The van der Waals surface area contributed by atoms with E-state index in [1.54, 1.807) is 0 Å². The van der Waals surface area contributed by atoms with E-state index in [-0.39, 0.29) is 0 Å². The predicted molar refractivity (Wildman–Crippen MR) is 232 cm³/mol. The van der Waals surface area contributed by atoms with Gasteiger partial charge in [-0.25, -0.2) is 9.97 Å². The molecule has 0 spiro atoms. The Morgan fingerprint density at radius 1 is 0.482 bits per heavy atom. The highest BCUT2D eigenvalue weighted by molar-refractivity contribution is 6.16. The first-order chi connectivity index (χ1) is 27.8. The van der Waals surface area contributed by atoms with Gasteiger partial charge in [-0.2, -0.15) is 0 Å². The molecule has 0 unspecified atom stereocenters. The third-order valence-corrected chi connectivity index (χ3v) is 11.0. The Labute approximate surface area is 324 Å². The summed E-state index contributed by atoms with van der Waals surface area (Å²) >= 11 is 0. The fourth-order valence-corrected chi connectivity index (χ4v) is 8.38. The second kappa shape index (κ2) is 13.2. The lowest BCUT2D eigenvalue weighted by Crippen LogP contribution is -1.96. The van der Waals surface area contributed by atoms with E-state index in [4.69, 9.17) is 14.4 Å². The average Bonchev–Trinajstić information content (AvgIpc) is 3.83. The molecule has 0 aliphatic heterocycles. The van der Waals surface area contributed by atoms with Crippen molar-refractivity contribution in [1.82, 2.24) is 14.5 Å². The van der Waals surface area contributed by atoms with Gasteiger partial charge in [-0.05, 0) is 71.5 Å². The van der Waals surface area contributed by atoms with Crippen LogP contribution in [-0.4, -0.2) is 14.5 Å². The zero-order chi connectivity index (χ0) is 37.0. The Morgan fingerprint density at radius 2 is 1.21 bits per heavy atom. The quantitative estimate of drug-likeness (QED) is 0.172. The molecule has 0 amide bonds. The summed E-state index contributed by atoms with van der Waals surface area (Å²) in [5, 5.41) is 4.49. The molecule has 4 nitrogen and oxygen atoms in total. The molecule has 10 aromatic rings. The van der Waals surface area contributed by atoms with E-state index in [1.807, 2.05) is 36.4 Å². The van der Waals surface area contributed by atoms with Crippen molar-refractivity contribution in [2.24, 2.45) is 0 Å². The third kappa shape index (κ3) is 5.38. The molecular formula is C52H35N3O. The van der Waals surface area contributed by atoms with E-state index in [0.717, 1.165) is 79.6 Å². The number of nitrogens with zero attached hydrogens (tertiary/aromatic N) is 3. The van der Waals surface area contributed by atoms with Gasteiger partial charge in [0.15, 0.2) is 11.4 Å². The first-order valence-corrected chi connectivity index (χ1v) is 19.2. The maximum atomic E-state index is 6.95. The lowest BCUT2D eigenvalue weighted by molar-refractivity contribution is 0.666. The summed E-state index contributed by atoms with van der Waals surface area (Å²) in [6, 6.07) is 59.8. The molecule has 0 radical (unpaired) electrons. The molecular weight excluding hydrogens is 683 g/mol. The molecule has 4 heteroatoms. The highest BCUT2D eigenvalue weighted by Gasteiger charge is 2.22. The smallest absolute Gasteiger partial charge is 0.160 e. The third-order valence-electron chi connectivity index (χ3n) is 11.0. The van der Waals surface area contributed by atoms with Gasteiger partial charge in [-0.15, -0.1) is 0 Å². The predicted octanol–water partition coefficient (Wildman–Crippen LogP) is 13.9. The van der Waals surface area contributed by atoms with Gasteiger partial charge in [-0.1, -0.05) is 152 Å². The van der Waals surface area contributed by atoms with Crippen molar-refractivity contribution in [3.8, 4) is 50.7 Å². The SMILES string of the molecule is C1=CC(c2ccc3c4cc(-c5ccccc5)ccc4n(-c4cccc5c4oc4cccc(-c6cc(-c7ccccc7)nc(-c7ccccc7)n6)c45)c3c2)=CCC1. The monoisotopic (exact) mass is 717 g/mol. The normalized spacial score (nSPS) is 12.9. The van der Waals surface area contributed by atoms with Gasteiger partial charge in [0.1, 0.15) is 5.58 Å². The summed E-state index contributed by atoms with van der Waals surface area (Å²) in [4.78, 5) is 10.3. The molecule has 1 aliphatic carbocycles. The fourth-order valence-electron chi connectivity index (χ4n) is 8.38. The number of para-hydroxylation sites is 1. The van der Waals surface area contributed by atoms with Crippen LogP contribution in [0.2, 0.25) is 0 Å². The molecule has 1 aliphatic rings. The zero-order valence-corrected chi connectivity index (χ0v) is 30.6. The van der Waals surface area contributed by atoms with E-state index in [0.29, 0.717) is 5.82 Å².